The van der Waals surface area contributed by atoms with E-state index < -0.39 is 10.1 Å². The highest BCUT2D eigenvalue weighted by molar-refractivity contribution is 7.87. The summed E-state index contributed by atoms with van der Waals surface area (Å²) in [7, 11) is -3.62. The third-order valence-electron chi connectivity index (χ3n) is 7.61. The Labute approximate surface area is 179 Å². The standard InChI is InChI=1S/C24H33N2O3S/c1-6-9-10-17-30(27,28)29-20-12-11-19-21-18(20)13-14-25-15-16-26(22(21)25)24(5,8-3)23(19,4)7-2/h11-16H,6-10,17H2,1-5H3/q+1. The second-order valence-corrected chi connectivity index (χ2v) is 10.7. The van der Waals surface area contributed by atoms with Crippen LogP contribution in [-0.4, -0.2) is 18.6 Å². The quantitative estimate of drug-likeness (QED) is 0.285. The number of nitrogens with zero attached hydrogens (tertiary/aromatic N) is 2. The third-order valence-corrected chi connectivity index (χ3v) is 8.83. The molecule has 4 rings (SSSR count). The number of rotatable bonds is 8. The molecule has 1 aliphatic rings. The summed E-state index contributed by atoms with van der Waals surface area (Å²) < 4.78 is 35.4. The van der Waals surface area contributed by atoms with Gasteiger partial charge in [-0.3, -0.25) is 0 Å². The summed E-state index contributed by atoms with van der Waals surface area (Å²) >= 11 is 0. The molecule has 0 amide bonds. The number of unbranched alkanes of at least 4 members (excludes halogenated alkanes) is 2. The van der Waals surface area contributed by atoms with Crippen LogP contribution in [0.2, 0.25) is 0 Å². The smallest absolute Gasteiger partial charge is 0.309 e. The molecule has 0 N–H and O–H groups in total. The monoisotopic (exact) mass is 429 g/mol. The average molecular weight is 430 g/mol. The van der Waals surface area contributed by atoms with E-state index in [2.05, 4.69) is 62.0 Å². The van der Waals surface area contributed by atoms with Crippen LogP contribution in [0.15, 0.2) is 36.8 Å². The molecule has 1 aromatic carbocycles. The predicted octanol–water partition coefficient (Wildman–Crippen LogP) is 5.09. The van der Waals surface area contributed by atoms with Crippen LogP contribution in [0.25, 0.3) is 16.4 Å². The molecule has 5 nitrogen and oxygen atoms in total. The SMILES string of the molecule is CCCCCS(=O)(=O)Oc1ccc2c3c1ccn1cc[n+](c31)C(C)(CC)C2(C)CC. The number of aromatic nitrogens is 2. The van der Waals surface area contributed by atoms with Gasteiger partial charge in [0, 0.05) is 10.8 Å². The summed E-state index contributed by atoms with van der Waals surface area (Å²) in [5.74, 6) is 0.483. The van der Waals surface area contributed by atoms with Crippen molar-refractivity contribution in [1.29, 1.82) is 0 Å². The molecule has 0 bridgehead atoms. The van der Waals surface area contributed by atoms with Crippen molar-refractivity contribution >= 4 is 26.5 Å². The van der Waals surface area contributed by atoms with Gasteiger partial charge in [0.25, 0.3) is 5.65 Å². The van der Waals surface area contributed by atoms with Crippen LogP contribution >= 0.6 is 0 Å². The van der Waals surface area contributed by atoms with Crippen molar-refractivity contribution in [3.05, 3.63) is 42.4 Å². The van der Waals surface area contributed by atoms with Crippen LogP contribution in [0.5, 0.6) is 5.75 Å². The summed E-state index contributed by atoms with van der Waals surface area (Å²) in [5, 5.41) is 1.96. The molecule has 2 atom stereocenters. The Morgan fingerprint density at radius 1 is 1.03 bits per heavy atom. The first kappa shape index (κ1) is 21.2. The second-order valence-electron chi connectivity index (χ2n) is 8.98. The number of hydrogen-bond donors (Lipinski definition) is 0. The molecule has 3 heterocycles. The number of benzene rings is 1. The lowest BCUT2D eigenvalue weighted by Crippen LogP contribution is -2.65. The van der Waals surface area contributed by atoms with Crippen LogP contribution in [0, 0.1) is 0 Å². The van der Waals surface area contributed by atoms with E-state index in [1.54, 1.807) is 0 Å². The zero-order chi connectivity index (χ0) is 21.7. The molecule has 0 saturated heterocycles. The number of pyridine rings is 1. The van der Waals surface area contributed by atoms with Gasteiger partial charge in [-0.1, -0.05) is 46.6 Å². The third kappa shape index (κ3) is 2.87. The van der Waals surface area contributed by atoms with Gasteiger partial charge in [-0.25, -0.2) is 8.97 Å². The predicted molar refractivity (Wildman–Crippen MR) is 121 cm³/mol. The zero-order valence-corrected chi connectivity index (χ0v) is 19.6. The van der Waals surface area contributed by atoms with Crippen LogP contribution in [-0.2, 0) is 21.1 Å². The molecule has 162 valence electrons. The molecule has 30 heavy (non-hydrogen) atoms. The Morgan fingerprint density at radius 2 is 1.80 bits per heavy atom. The Balaban J connectivity index is 1.95. The lowest BCUT2D eigenvalue weighted by atomic mass is 9.62. The van der Waals surface area contributed by atoms with Gasteiger partial charge in [-0.05, 0) is 43.9 Å². The van der Waals surface area contributed by atoms with Gasteiger partial charge < -0.3 is 4.18 Å². The molecule has 2 aromatic heterocycles. The fourth-order valence-electron chi connectivity index (χ4n) is 5.26. The molecule has 0 aliphatic carbocycles. The normalized spacial score (nSPS) is 23.5. The molecule has 0 radical (unpaired) electrons. The van der Waals surface area contributed by atoms with Gasteiger partial charge in [0.2, 0.25) is 0 Å². The molecule has 6 heteroatoms. The van der Waals surface area contributed by atoms with E-state index in [-0.39, 0.29) is 16.7 Å². The molecule has 1 aliphatic heterocycles. The van der Waals surface area contributed by atoms with E-state index in [4.69, 9.17) is 4.18 Å². The highest BCUT2D eigenvalue weighted by Crippen LogP contribution is 2.50. The fourth-order valence-corrected chi connectivity index (χ4v) is 6.32. The van der Waals surface area contributed by atoms with E-state index in [0.717, 1.165) is 42.1 Å². The zero-order valence-electron chi connectivity index (χ0n) is 18.7. The van der Waals surface area contributed by atoms with Crippen LogP contribution in [0.3, 0.4) is 0 Å². The van der Waals surface area contributed by atoms with Gasteiger partial charge in [0.15, 0.2) is 5.75 Å². The largest absolute Gasteiger partial charge is 0.382 e. The lowest BCUT2D eigenvalue weighted by molar-refractivity contribution is -0.750. The van der Waals surface area contributed by atoms with Gasteiger partial charge in [0.05, 0.1) is 17.3 Å². The fraction of sp³-hybridized carbons (Fsp3) is 0.542. The van der Waals surface area contributed by atoms with Crippen molar-refractivity contribution < 1.29 is 17.2 Å². The van der Waals surface area contributed by atoms with Crippen LogP contribution < -0.4 is 8.75 Å². The van der Waals surface area contributed by atoms with Gasteiger partial charge in [0.1, 0.15) is 17.9 Å². The van der Waals surface area contributed by atoms with E-state index in [9.17, 15) is 8.42 Å². The molecule has 0 fully saturated rings. The van der Waals surface area contributed by atoms with Crippen LogP contribution in [0.4, 0.5) is 0 Å². The first-order valence-electron chi connectivity index (χ1n) is 11.1. The average Bonchev–Trinajstić information content (AvgIpc) is 3.17. The maximum Gasteiger partial charge on any atom is 0.309 e. The van der Waals surface area contributed by atoms with Crippen molar-refractivity contribution in [2.75, 3.05) is 5.75 Å². The Hall–Kier alpha value is -2.08. The number of imidazole rings is 1. The summed E-state index contributed by atoms with van der Waals surface area (Å²) in [6.45, 7) is 11.2. The molecule has 0 saturated carbocycles. The highest BCUT2D eigenvalue weighted by Gasteiger charge is 2.53. The Morgan fingerprint density at radius 3 is 2.47 bits per heavy atom. The molecular formula is C24H33N2O3S+. The molecular weight excluding hydrogens is 396 g/mol. The van der Waals surface area contributed by atoms with E-state index in [1.807, 2.05) is 18.3 Å². The minimum Gasteiger partial charge on any atom is -0.382 e. The van der Waals surface area contributed by atoms with Crippen molar-refractivity contribution in [1.82, 2.24) is 4.40 Å². The molecule has 3 aromatic rings. The van der Waals surface area contributed by atoms with E-state index >= 15 is 0 Å². The van der Waals surface area contributed by atoms with Crippen molar-refractivity contribution in [3.63, 3.8) is 0 Å². The van der Waals surface area contributed by atoms with Crippen molar-refractivity contribution in [2.45, 2.75) is 77.7 Å². The Bertz CT molecular complexity index is 1210. The second kappa shape index (κ2) is 7.26. The maximum atomic E-state index is 12.6. The summed E-state index contributed by atoms with van der Waals surface area (Å²) in [6.07, 6.45) is 10.7. The van der Waals surface area contributed by atoms with Crippen LogP contribution in [0.1, 0.15) is 72.3 Å². The topological polar surface area (TPSA) is 51.7 Å². The van der Waals surface area contributed by atoms with E-state index in [1.165, 1.54) is 5.56 Å². The molecule has 2 unspecified atom stereocenters. The molecule has 0 spiro atoms. The van der Waals surface area contributed by atoms with Crippen molar-refractivity contribution in [2.24, 2.45) is 0 Å². The Kier molecular flexibility index (Phi) is 5.12. The number of hydrogen-bond acceptors (Lipinski definition) is 3. The van der Waals surface area contributed by atoms with Gasteiger partial charge in [-0.15, -0.1) is 0 Å². The van der Waals surface area contributed by atoms with Crippen molar-refractivity contribution in [3.8, 4) is 5.75 Å². The lowest BCUT2D eigenvalue weighted by Gasteiger charge is -2.46. The van der Waals surface area contributed by atoms with Gasteiger partial charge in [-0.2, -0.15) is 8.42 Å². The van der Waals surface area contributed by atoms with Gasteiger partial charge >= 0.3 is 10.1 Å². The first-order valence-corrected chi connectivity index (χ1v) is 12.7. The summed E-state index contributed by atoms with van der Waals surface area (Å²) in [4.78, 5) is 0. The minimum absolute atomic E-state index is 0.0536. The highest BCUT2D eigenvalue weighted by atomic mass is 32.2. The summed E-state index contributed by atoms with van der Waals surface area (Å²) in [5.41, 5.74) is 2.21. The maximum absolute atomic E-state index is 12.6. The first-order chi connectivity index (χ1) is 14.2. The van der Waals surface area contributed by atoms with E-state index in [0.29, 0.717) is 12.2 Å². The minimum atomic E-state index is -3.62. The summed E-state index contributed by atoms with van der Waals surface area (Å²) in [6, 6.07) is 5.93.